The number of aromatic nitrogens is 2. The molecular weight excluding hydrogens is 449 g/mol. The molecular formula is C27H22FN3O2S. The molecule has 1 aromatic heterocycles. The van der Waals surface area contributed by atoms with Crippen molar-refractivity contribution in [1.82, 2.24) is 9.97 Å². The number of halogens is 1. The first-order valence-corrected chi connectivity index (χ1v) is 12.3. The maximum atomic E-state index is 14.2. The number of anilines is 1. The number of benzene rings is 3. The van der Waals surface area contributed by atoms with Crippen molar-refractivity contribution in [2.75, 3.05) is 11.6 Å². The third-order valence-electron chi connectivity index (χ3n) is 5.96. The van der Waals surface area contributed by atoms with E-state index < -0.39 is 10.8 Å². The highest BCUT2D eigenvalue weighted by Gasteiger charge is 2.26. The predicted molar refractivity (Wildman–Crippen MR) is 135 cm³/mol. The zero-order valence-corrected chi connectivity index (χ0v) is 19.5. The third-order valence-corrected chi connectivity index (χ3v) is 6.90. The molecule has 4 aromatic rings. The summed E-state index contributed by atoms with van der Waals surface area (Å²) in [5.74, 6) is -0.205. The van der Waals surface area contributed by atoms with Crippen LogP contribution in [0.15, 0.2) is 77.2 Å². The van der Waals surface area contributed by atoms with Crippen LogP contribution in [0.4, 0.5) is 10.3 Å². The molecule has 1 amide bonds. The molecule has 34 heavy (non-hydrogen) atoms. The summed E-state index contributed by atoms with van der Waals surface area (Å²) in [4.78, 5) is 21.2. The summed E-state index contributed by atoms with van der Waals surface area (Å²) >= 11 is 0. The molecule has 0 saturated heterocycles. The van der Waals surface area contributed by atoms with Crippen LogP contribution >= 0.6 is 0 Å². The van der Waals surface area contributed by atoms with Crippen molar-refractivity contribution in [2.24, 2.45) is 0 Å². The quantitative estimate of drug-likeness (QED) is 0.387. The van der Waals surface area contributed by atoms with Crippen LogP contribution < -0.4 is 5.32 Å². The van der Waals surface area contributed by atoms with Crippen molar-refractivity contribution in [3.63, 3.8) is 0 Å². The monoisotopic (exact) mass is 471 g/mol. The van der Waals surface area contributed by atoms with E-state index in [9.17, 15) is 13.4 Å². The number of nitrogens with one attached hydrogen (secondary N) is 2. The first-order chi connectivity index (χ1) is 16.4. The van der Waals surface area contributed by atoms with Gasteiger partial charge in [0.15, 0.2) is 0 Å². The van der Waals surface area contributed by atoms with Crippen molar-refractivity contribution < 1.29 is 13.4 Å². The number of carbonyl (C=O) groups excluding carboxylic acids is 1. The molecule has 0 bridgehead atoms. The van der Waals surface area contributed by atoms with Crippen LogP contribution in [0.1, 0.15) is 30.0 Å². The molecule has 1 aliphatic rings. The summed E-state index contributed by atoms with van der Waals surface area (Å²) < 4.78 is 25.8. The minimum Gasteiger partial charge on any atom is -0.324 e. The van der Waals surface area contributed by atoms with E-state index in [-0.39, 0.29) is 18.1 Å². The molecule has 0 spiro atoms. The van der Waals surface area contributed by atoms with Gasteiger partial charge in [-0.1, -0.05) is 30.3 Å². The highest BCUT2D eigenvalue weighted by molar-refractivity contribution is 7.84. The SMILES string of the molecule is CC1=C(CC(=O)Nc2nc3ccccc3[nH]2)c2cc(F)ccc2/C1=C/c1ccc([S@](C)=O)cc1. The summed E-state index contributed by atoms with van der Waals surface area (Å²) in [6.07, 6.45) is 3.74. The highest BCUT2D eigenvalue weighted by Crippen LogP contribution is 2.44. The van der Waals surface area contributed by atoms with Gasteiger partial charge in [0.1, 0.15) is 5.82 Å². The molecule has 0 saturated carbocycles. The second-order valence-corrected chi connectivity index (χ2v) is 9.58. The van der Waals surface area contributed by atoms with Gasteiger partial charge in [-0.25, -0.2) is 9.37 Å². The Morgan fingerprint density at radius 3 is 2.59 bits per heavy atom. The van der Waals surface area contributed by atoms with Crippen molar-refractivity contribution in [3.05, 3.63) is 94.8 Å². The van der Waals surface area contributed by atoms with Crippen LogP contribution in [0.5, 0.6) is 0 Å². The molecule has 0 fully saturated rings. The first kappa shape index (κ1) is 22.0. The lowest BCUT2D eigenvalue weighted by Gasteiger charge is -2.06. The molecule has 0 aliphatic heterocycles. The number of fused-ring (bicyclic) bond motifs is 2. The Bertz CT molecular complexity index is 1480. The largest absolute Gasteiger partial charge is 0.324 e. The standard InChI is InChI=1S/C27H22FN3O2S/c1-16-21(13-17-7-10-19(11-8-17)34(2)33)20-12-9-18(28)14-23(20)22(16)15-26(32)31-27-29-24-5-3-4-6-25(24)30-27/h3-14H,15H2,1-2H3,(H2,29,30,31,32)/b21-13+/t34-/m0/s1. The van der Waals surface area contributed by atoms with Crippen LogP contribution in [-0.4, -0.2) is 26.3 Å². The second-order valence-electron chi connectivity index (χ2n) is 8.20. The number of carbonyl (C=O) groups is 1. The van der Waals surface area contributed by atoms with Gasteiger partial charge in [-0.05, 0) is 82.8 Å². The van der Waals surface area contributed by atoms with Gasteiger partial charge in [-0.2, -0.15) is 0 Å². The molecule has 0 radical (unpaired) electrons. The van der Waals surface area contributed by atoms with E-state index in [2.05, 4.69) is 15.3 Å². The smallest absolute Gasteiger partial charge is 0.231 e. The van der Waals surface area contributed by atoms with Gasteiger partial charge in [0, 0.05) is 22.0 Å². The maximum Gasteiger partial charge on any atom is 0.231 e. The number of H-pyrrole nitrogens is 1. The van der Waals surface area contributed by atoms with Crippen LogP contribution in [0.2, 0.25) is 0 Å². The number of hydrogen-bond donors (Lipinski definition) is 2. The van der Waals surface area contributed by atoms with Crippen LogP contribution in [0, 0.1) is 5.82 Å². The second kappa shape index (κ2) is 8.83. The van der Waals surface area contributed by atoms with E-state index >= 15 is 0 Å². The van der Waals surface area contributed by atoms with Gasteiger partial charge < -0.3 is 4.98 Å². The van der Waals surface area contributed by atoms with Gasteiger partial charge in [-0.3, -0.25) is 14.3 Å². The number of nitrogens with zero attached hydrogens (tertiary/aromatic N) is 1. The molecule has 1 heterocycles. The number of imidazole rings is 1. The van der Waals surface area contributed by atoms with E-state index in [1.54, 1.807) is 12.3 Å². The molecule has 3 aromatic carbocycles. The molecule has 5 rings (SSSR count). The van der Waals surface area contributed by atoms with Gasteiger partial charge in [0.05, 0.1) is 17.5 Å². The van der Waals surface area contributed by atoms with E-state index in [1.165, 1.54) is 12.1 Å². The summed E-state index contributed by atoms with van der Waals surface area (Å²) in [6.45, 7) is 1.95. The average molecular weight is 472 g/mol. The Labute approximate surface area is 198 Å². The Morgan fingerprint density at radius 1 is 1.09 bits per heavy atom. The van der Waals surface area contributed by atoms with Crippen molar-refractivity contribution >= 4 is 50.9 Å². The minimum absolute atomic E-state index is 0.0877. The molecule has 5 nitrogen and oxygen atoms in total. The topological polar surface area (TPSA) is 74.8 Å². The fourth-order valence-electron chi connectivity index (χ4n) is 4.25. The van der Waals surface area contributed by atoms with Crippen molar-refractivity contribution in [2.45, 2.75) is 18.2 Å². The minimum atomic E-state index is -1.05. The van der Waals surface area contributed by atoms with Gasteiger partial charge in [0.25, 0.3) is 0 Å². The Hall–Kier alpha value is -3.84. The number of allylic oxidation sites excluding steroid dienone is 2. The number of hydrogen-bond acceptors (Lipinski definition) is 3. The van der Waals surface area contributed by atoms with E-state index in [1.807, 2.05) is 61.5 Å². The van der Waals surface area contributed by atoms with Crippen LogP contribution in [0.3, 0.4) is 0 Å². The summed E-state index contributed by atoms with van der Waals surface area (Å²) in [5.41, 5.74) is 6.78. The zero-order chi connectivity index (χ0) is 23.8. The van der Waals surface area contributed by atoms with Crippen LogP contribution in [0.25, 0.3) is 28.3 Å². The molecule has 1 atom stereocenters. The van der Waals surface area contributed by atoms with Gasteiger partial charge >= 0.3 is 0 Å². The number of rotatable bonds is 5. The number of amides is 1. The summed E-state index contributed by atoms with van der Waals surface area (Å²) in [7, 11) is -1.05. The molecule has 170 valence electrons. The number of para-hydroxylation sites is 2. The Morgan fingerprint density at radius 2 is 1.85 bits per heavy atom. The normalized spacial score (nSPS) is 15.1. The lowest BCUT2D eigenvalue weighted by Crippen LogP contribution is -2.13. The summed E-state index contributed by atoms with van der Waals surface area (Å²) in [6, 6.07) is 19.7. The third kappa shape index (κ3) is 4.22. The molecule has 2 N–H and O–H groups in total. The van der Waals surface area contributed by atoms with E-state index in [0.717, 1.165) is 49.3 Å². The fourth-order valence-corrected chi connectivity index (χ4v) is 4.77. The average Bonchev–Trinajstić information content (AvgIpc) is 3.33. The van der Waals surface area contributed by atoms with Gasteiger partial charge in [-0.15, -0.1) is 0 Å². The molecule has 0 unspecified atom stereocenters. The highest BCUT2D eigenvalue weighted by atomic mass is 32.2. The molecule has 7 heteroatoms. The van der Waals surface area contributed by atoms with Gasteiger partial charge in [0.2, 0.25) is 11.9 Å². The summed E-state index contributed by atoms with van der Waals surface area (Å²) in [5, 5.41) is 2.82. The fraction of sp³-hybridized carbons (Fsp3) is 0.111. The zero-order valence-electron chi connectivity index (χ0n) is 18.7. The first-order valence-electron chi connectivity index (χ1n) is 10.8. The molecule has 1 aliphatic carbocycles. The van der Waals surface area contributed by atoms with E-state index in [0.29, 0.717) is 5.95 Å². The Kier molecular flexibility index (Phi) is 5.71. The number of aromatic amines is 1. The van der Waals surface area contributed by atoms with Crippen molar-refractivity contribution in [1.29, 1.82) is 0 Å². The van der Waals surface area contributed by atoms with Crippen LogP contribution in [-0.2, 0) is 15.6 Å². The van der Waals surface area contributed by atoms with Crippen molar-refractivity contribution in [3.8, 4) is 0 Å². The Balaban J connectivity index is 1.46. The maximum absolute atomic E-state index is 14.2. The predicted octanol–water partition coefficient (Wildman–Crippen LogP) is 5.80. The lowest BCUT2D eigenvalue weighted by atomic mass is 10.0. The lowest BCUT2D eigenvalue weighted by molar-refractivity contribution is -0.115. The van der Waals surface area contributed by atoms with E-state index in [4.69, 9.17) is 0 Å².